The quantitative estimate of drug-likeness (QED) is 0.0261. The van der Waals surface area contributed by atoms with Crippen molar-refractivity contribution in [3.63, 3.8) is 0 Å². The summed E-state index contributed by atoms with van der Waals surface area (Å²) in [6.07, 6.45) is 82.4. The molecule has 416 valence electrons. The Labute approximate surface area is 450 Å². The Balaban J connectivity index is 4.33. The minimum absolute atomic E-state index is 0.0967. The molecule has 0 fully saturated rings. The molecule has 0 aliphatic rings. The first-order chi connectivity index (χ1) is 36.0. The number of rotatable bonds is 54. The molecule has 0 bridgehead atoms. The lowest BCUT2D eigenvalue weighted by molar-refractivity contribution is -0.167. The molecule has 0 aliphatic carbocycles. The van der Waals surface area contributed by atoms with Crippen molar-refractivity contribution < 1.29 is 28.6 Å². The second kappa shape index (κ2) is 60.6. The molecule has 0 aliphatic heterocycles. The van der Waals surface area contributed by atoms with Gasteiger partial charge >= 0.3 is 17.9 Å². The largest absolute Gasteiger partial charge is 0.462 e. The van der Waals surface area contributed by atoms with E-state index < -0.39 is 6.10 Å². The average Bonchev–Trinajstić information content (AvgIpc) is 3.39. The summed E-state index contributed by atoms with van der Waals surface area (Å²) in [7, 11) is 0. The highest BCUT2D eigenvalue weighted by Gasteiger charge is 2.19. The fraction of sp³-hybridized carbons (Fsp3) is 0.687. The molecule has 0 N–H and O–H groups in total. The first-order valence-corrected chi connectivity index (χ1v) is 30.4. The molecule has 0 aromatic carbocycles. The van der Waals surface area contributed by atoms with Gasteiger partial charge in [0.2, 0.25) is 0 Å². The van der Waals surface area contributed by atoms with E-state index in [-0.39, 0.29) is 37.5 Å². The highest BCUT2D eigenvalue weighted by molar-refractivity contribution is 5.71. The third-order valence-electron chi connectivity index (χ3n) is 12.8. The molecule has 0 saturated carbocycles. The van der Waals surface area contributed by atoms with E-state index in [0.717, 1.165) is 103 Å². The molecule has 6 heteroatoms. The molecule has 0 spiro atoms. The van der Waals surface area contributed by atoms with Crippen LogP contribution in [0.2, 0.25) is 0 Å². The summed E-state index contributed by atoms with van der Waals surface area (Å²) in [5, 5.41) is 0. The first-order valence-electron chi connectivity index (χ1n) is 30.4. The fourth-order valence-electron chi connectivity index (χ4n) is 8.22. The fourth-order valence-corrected chi connectivity index (χ4v) is 8.22. The lowest BCUT2D eigenvalue weighted by Gasteiger charge is -2.18. The highest BCUT2D eigenvalue weighted by Crippen LogP contribution is 2.15. The third kappa shape index (κ3) is 58.8. The minimum Gasteiger partial charge on any atom is -0.462 e. The molecule has 0 heterocycles. The van der Waals surface area contributed by atoms with Crippen molar-refractivity contribution in [3.05, 3.63) is 109 Å². The zero-order valence-corrected chi connectivity index (χ0v) is 47.6. The molecule has 0 rings (SSSR count). The van der Waals surface area contributed by atoms with Crippen LogP contribution >= 0.6 is 0 Å². The normalized spacial score (nSPS) is 12.9. The lowest BCUT2D eigenvalue weighted by Crippen LogP contribution is -2.30. The number of esters is 3. The van der Waals surface area contributed by atoms with Crippen LogP contribution < -0.4 is 0 Å². The van der Waals surface area contributed by atoms with E-state index >= 15 is 0 Å². The van der Waals surface area contributed by atoms with Gasteiger partial charge in [-0.05, 0) is 109 Å². The predicted octanol–water partition coefficient (Wildman–Crippen LogP) is 20.7. The van der Waals surface area contributed by atoms with Crippen molar-refractivity contribution in [2.45, 2.75) is 284 Å². The molecule has 1 atom stereocenters. The minimum atomic E-state index is -0.803. The Hall–Kier alpha value is -3.93. The van der Waals surface area contributed by atoms with E-state index in [2.05, 4.69) is 130 Å². The van der Waals surface area contributed by atoms with Gasteiger partial charge in [0.15, 0.2) is 6.10 Å². The van der Waals surface area contributed by atoms with Crippen molar-refractivity contribution in [2.75, 3.05) is 13.2 Å². The maximum absolute atomic E-state index is 12.8. The number of carbonyl (C=O) groups is 3. The number of unbranched alkanes of at least 4 members (excludes halogenated alkanes) is 25. The maximum atomic E-state index is 12.8. The highest BCUT2D eigenvalue weighted by atomic mass is 16.6. The van der Waals surface area contributed by atoms with E-state index in [1.807, 2.05) is 0 Å². The van der Waals surface area contributed by atoms with Crippen LogP contribution in [0.4, 0.5) is 0 Å². The van der Waals surface area contributed by atoms with Crippen LogP contribution in [0, 0.1) is 0 Å². The monoisotopic (exact) mass is 1010 g/mol. The van der Waals surface area contributed by atoms with Crippen LogP contribution in [-0.2, 0) is 28.6 Å². The average molecular weight is 1010 g/mol. The van der Waals surface area contributed by atoms with Crippen molar-refractivity contribution in [1.82, 2.24) is 0 Å². The Bertz CT molecular complexity index is 1490. The number of hydrogen-bond acceptors (Lipinski definition) is 6. The summed E-state index contributed by atoms with van der Waals surface area (Å²) in [5.41, 5.74) is 0. The van der Waals surface area contributed by atoms with E-state index in [4.69, 9.17) is 14.2 Å². The summed E-state index contributed by atoms with van der Waals surface area (Å²) in [5.74, 6) is -0.945. The van der Waals surface area contributed by atoms with Crippen LogP contribution in [0.5, 0.6) is 0 Å². The van der Waals surface area contributed by atoms with E-state index in [0.29, 0.717) is 19.3 Å². The Morgan fingerprint density at radius 2 is 0.534 bits per heavy atom. The van der Waals surface area contributed by atoms with Crippen molar-refractivity contribution >= 4 is 17.9 Å². The second-order valence-electron chi connectivity index (χ2n) is 19.9. The number of ether oxygens (including phenoxy) is 3. The smallest absolute Gasteiger partial charge is 0.306 e. The SMILES string of the molecule is CC/C=C\C/C=C\C/C=C\C/C=C\C/C=C\C/C=C\CCCCC(=O)OC(COC(=O)CCCCCCCCCCC)COC(=O)CCCCCCCCCCCC/C=C\C/C=C\C/C=C\CCCCCCC. The summed E-state index contributed by atoms with van der Waals surface area (Å²) in [4.78, 5) is 38.1. The lowest BCUT2D eigenvalue weighted by atomic mass is 10.1. The van der Waals surface area contributed by atoms with Gasteiger partial charge in [0.25, 0.3) is 0 Å². The van der Waals surface area contributed by atoms with Gasteiger partial charge in [0.05, 0.1) is 0 Å². The van der Waals surface area contributed by atoms with Crippen LogP contribution in [0.15, 0.2) is 109 Å². The first kappa shape index (κ1) is 69.1. The molecular weight excluding hydrogens is 901 g/mol. The van der Waals surface area contributed by atoms with Crippen molar-refractivity contribution in [1.29, 1.82) is 0 Å². The van der Waals surface area contributed by atoms with E-state index in [9.17, 15) is 14.4 Å². The molecule has 0 radical (unpaired) electrons. The Kier molecular flexibility index (Phi) is 57.4. The molecule has 1 unspecified atom stereocenters. The molecule has 0 saturated heterocycles. The van der Waals surface area contributed by atoms with Gasteiger partial charge in [-0.1, -0.05) is 259 Å². The zero-order chi connectivity index (χ0) is 52.9. The summed E-state index contributed by atoms with van der Waals surface area (Å²) in [6.45, 7) is 6.46. The van der Waals surface area contributed by atoms with Crippen LogP contribution in [0.1, 0.15) is 278 Å². The van der Waals surface area contributed by atoms with Crippen molar-refractivity contribution in [3.8, 4) is 0 Å². The Morgan fingerprint density at radius 3 is 0.863 bits per heavy atom. The second-order valence-corrected chi connectivity index (χ2v) is 19.9. The molecule has 6 nitrogen and oxygen atoms in total. The summed E-state index contributed by atoms with van der Waals surface area (Å²) in [6, 6.07) is 0. The summed E-state index contributed by atoms with van der Waals surface area (Å²) < 4.78 is 16.8. The van der Waals surface area contributed by atoms with Gasteiger partial charge in [0.1, 0.15) is 13.2 Å². The van der Waals surface area contributed by atoms with E-state index in [1.165, 1.54) is 128 Å². The van der Waals surface area contributed by atoms with Gasteiger partial charge in [-0.25, -0.2) is 0 Å². The molecule has 0 aromatic heterocycles. The van der Waals surface area contributed by atoms with Crippen molar-refractivity contribution in [2.24, 2.45) is 0 Å². The maximum Gasteiger partial charge on any atom is 0.306 e. The number of allylic oxidation sites excluding steroid dienone is 18. The molecule has 73 heavy (non-hydrogen) atoms. The summed E-state index contributed by atoms with van der Waals surface area (Å²) >= 11 is 0. The van der Waals surface area contributed by atoms with E-state index in [1.54, 1.807) is 0 Å². The molecule has 0 amide bonds. The molecular formula is C67H112O6. The van der Waals surface area contributed by atoms with Gasteiger partial charge in [-0.2, -0.15) is 0 Å². The van der Waals surface area contributed by atoms with Gasteiger partial charge in [-0.3, -0.25) is 14.4 Å². The van der Waals surface area contributed by atoms with Gasteiger partial charge in [0, 0.05) is 19.3 Å². The number of hydrogen-bond donors (Lipinski definition) is 0. The zero-order valence-electron chi connectivity index (χ0n) is 47.6. The topological polar surface area (TPSA) is 78.9 Å². The van der Waals surface area contributed by atoms with Crippen LogP contribution in [-0.4, -0.2) is 37.2 Å². The van der Waals surface area contributed by atoms with Crippen LogP contribution in [0.25, 0.3) is 0 Å². The number of carbonyl (C=O) groups excluding carboxylic acids is 3. The Morgan fingerprint density at radius 1 is 0.288 bits per heavy atom. The van der Waals surface area contributed by atoms with Gasteiger partial charge in [-0.15, -0.1) is 0 Å². The predicted molar refractivity (Wildman–Crippen MR) is 316 cm³/mol. The van der Waals surface area contributed by atoms with Crippen LogP contribution in [0.3, 0.4) is 0 Å². The van der Waals surface area contributed by atoms with Gasteiger partial charge < -0.3 is 14.2 Å². The standard InChI is InChI=1S/C67H112O6/c1-4-7-10-13-16-19-21-23-25-27-29-31-32-33-34-36-37-39-41-43-45-48-51-54-57-60-66(69)72-63-64(62-71-65(68)59-56-53-50-47-18-15-12-9-6-3)73-67(70)61-58-55-52-49-46-44-42-40-38-35-30-28-26-24-22-20-17-14-11-8-5-2/h8,11,17,20-21,23-24,26-27,29-30,32-33,35,40,42,46,49,64H,4-7,9-10,12-16,18-19,22,25,28,31,34,36-39,41,43-45,47-48,50-63H2,1-3H3/b11-8-,20-17-,23-21-,26-24-,29-27-,33-32-,35-30-,42-40-,49-46-. The third-order valence-corrected chi connectivity index (χ3v) is 12.8. The molecule has 0 aromatic rings.